The Labute approximate surface area is 200 Å². The minimum absolute atomic E-state index is 0.163. The fourth-order valence-corrected chi connectivity index (χ4v) is 4.36. The van der Waals surface area contributed by atoms with Crippen molar-refractivity contribution in [3.05, 3.63) is 41.3 Å². The Bertz CT molecular complexity index is 1090. The van der Waals surface area contributed by atoms with E-state index in [4.69, 9.17) is 24.0 Å². The number of hydrogen-bond donors (Lipinski definition) is 2. The van der Waals surface area contributed by atoms with Gasteiger partial charge in [0.05, 0.1) is 17.0 Å². The van der Waals surface area contributed by atoms with E-state index in [1.807, 2.05) is 45.0 Å². The zero-order valence-electron chi connectivity index (χ0n) is 20.4. The molecule has 8 nitrogen and oxygen atoms in total. The Morgan fingerprint density at radius 3 is 2.65 bits per heavy atom. The number of aliphatic hydroxyl groups excluding tert-OH is 1. The number of nitrogens with one attached hydrogen (secondary N) is 1. The van der Waals surface area contributed by atoms with E-state index >= 15 is 0 Å². The second kappa shape index (κ2) is 11.0. The summed E-state index contributed by atoms with van der Waals surface area (Å²) in [5.41, 5.74) is 4.11. The Balaban J connectivity index is 1.71. The quantitative estimate of drug-likeness (QED) is 0.479. The SMILES string of the molecule is CNCC(O)COc1cccc(-c2nc(OC3CCCCC3)c(C)c(-c3c(C)noc3C)n2)c1. The van der Waals surface area contributed by atoms with Gasteiger partial charge in [-0.3, -0.25) is 0 Å². The topological polar surface area (TPSA) is 103 Å². The van der Waals surface area contributed by atoms with Crippen molar-refractivity contribution < 1.29 is 19.1 Å². The van der Waals surface area contributed by atoms with Crippen LogP contribution in [0.15, 0.2) is 28.8 Å². The first-order valence-corrected chi connectivity index (χ1v) is 12.0. The average molecular weight is 467 g/mol. The Hall–Kier alpha value is -2.97. The van der Waals surface area contributed by atoms with Crippen molar-refractivity contribution in [3.8, 4) is 34.3 Å². The zero-order chi connectivity index (χ0) is 24.1. The van der Waals surface area contributed by atoms with Gasteiger partial charge in [-0.1, -0.05) is 23.7 Å². The lowest BCUT2D eigenvalue weighted by Crippen LogP contribution is -2.29. The van der Waals surface area contributed by atoms with E-state index in [2.05, 4.69) is 10.5 Å². The van der Waals surface area contributed by atoms with Crippen molar-refractivity contribution in [1.29, 1.82) is 0 Å². The van der Waals surface area contributed by atoms with Crippen LogP contribution < -0.4 is 14.8 Å². The third-order valence-electron chi connectivity index (χ3n) is 6.18. The van der Waals surface area contributed by atoms with Gasteiger partial charge in [0.15, 0.2) is 5.82 Å². The second-order valence-electron chi connectivity index (χ2n) is 8.95. The zero-order valence-corrected chi connectivity index (χ0v) is 20.4. The number of ether oxygens (including phenoxy) is 2. The summed E-state index contributed by atoms with van der Waals surface area (Å²) in [6.45, 7) is 6.46. The molecule has 0 saturated heterocycles. The molecule has 1 fully saturated rings. The summed E-state index contributed by atoms with van der Waals surface area (Å²) < 4.78 is 17.7. The molecule has 8 heteroatoms. The van der Waals surface area contributed by atoms with Crippen molar-refractivity contribution >= 4 is 0 Å². The number of benzene rings is 1. The molecule has 1 atom stereocenters. The van der Waals surface area contributed by atoms with Crippen LogP contribution in [0.3, 0.4) is 0 Å². The molecule has 1 aliphatic carbocycles. The standard InChI is InChI=1S/C26H34N4O4/c1-16-24(23-17(2)30-34-18(23)3)28-25(29-26(16)33-21-10-6-5-7-11-21)19-9-8-12-22(13-19)32-15-20(31)14-27-4/h8-9,12-13,20-21,27,31H,5-7,10-11,14-15H2,1-4H3. The van der Waals surface area contributed by atoms with Crippen LogP contribution in [0, 0.1) is 20.8 Å². The normalized spacial score (nSPS) is 15.3. The molecule has 0 aliphatic heterocycles. The fraction of sp³-hybridized carbons (Fsp3) is 0.500. The summed E-state index contributed by atoms with van der Waals surface area (Å²) in [5.74, 6) is 2.50. The second-order valence-corrected chi connectivity index (χ2v) is 8.95. The number of aliphatic hydroxyl groups is 1. The molecule has 2 aromatic heterocycles. The molecule has 0 radical (unpaired) electrons. The largest absolute Gasteiger partial charge is 0.491 e. The van der Waals surface area contributed by atoms with Crippen molar-refractivity contribution in [1.82, 2.24) is 20.4 Å². The van der Waals surface area contributed by atoms with E-state index < -0.39 is 6.10 Å². The maximum Gasteiger partial charge on any atom is 0.220 e. The number of rotatable bonds is 9. The maximum absolute atomic E-state index is 9.97. The molecule has 182 valence electrons. The Kier molecular flexibility index (Phi) is 7.80. The van der Waals surface area contributed by atoms with Gasteiger partial charge < -0.3 is 24.4 Å². The average Bonchev–Trinajstić information content (AvgIpc) is 3.18. The van der Waals surface area contributed by atoms with Crippen LogP contribution in [0.2, 0.25) is 0 Å². The molecule has 0 spiro atoms. The maximum atomic E-state index is 9.97. The molecule has 2 N–H and O–H groups in total. The third kappa shape index (κ3) is 5.56. The number of hydrogen-bond acceptors (Lipinski definition) is 8. The highest BCUT2D eigenvalue weighted by molar-refractivity contribution is 5.71. The lowest BCUT2D eigenvalue weighted by atomic mass is 9.98. The molecule has 3 aromatic rings. The van der Waals surface area contributed by atoms with Crippen LogP contribution >= 0.6 is 0 Å². The predicted molar refractivity (Wildman–Crippen MR) is 130 cm³/mol. The van der Waals surface area contributed by atoms with E-state index in [0.717, 1.165) is 40.9 Å². The van der Waals surface area contributed by atoms with Gasteiger partial charge >= 0.3 is 0 Å². The highest BCUT2D eigenvalue weighted by atomic mass is 16.5. The van der Waals surface area contributed by atoms with E-state index in [-0.39, 0.29) is 12.7 Å². The summed E-state index contributed by atoms with van der Waals surface area (Å²) in [6, 6.07) is 7.59. The van der Waals surface area contributed by atoms with E-state index in [1.165, 1.54) is 19.3 Å². The summed E-state index contributed by atoms with van der Waals surface area (Å²) >= 11 is 0. The first-order valence-electron chi connectivity index (χ1n) is 12.0. The molecule has 34 heavy (non-hydrogen) atoms. The van der Waals surface area contributed by atoms with Crippen LogP contribution in [-0.2, 0) is 0 Å². The number of aryl methyl sites for hydroxylation is 2. The summed E-state index contributed by atoms with van der Waals surface area (Å²) in [4.78, 5) is 9.75. The first kappa shape index (κ1) is 24.2. The van der Waals surface area contributed by atoms with Gasteiger partial charge in [-0.05, 0) is 65.6 Å². The van der Waals surface area contributed by atoms with Gasteiger partial charge in [0, 0.05) is 17.7 Å². The molecule has 4 rings (SSSR count). The molecule has 1 unspecified atom stereocenters. The minimum atomic E-state index is -0.592. The minimum Gasteiger partial charge on any atom is -0.491 e. The van der Waals surface area contributed by atoms with Crippen molar-refractivity contribution in [2.75, 3.05) is 20.2 Å². The molecule has 0 bridgehead atoms. The predicted octanol–water partition coefficient (Wildman–Crippen LogP) is 4.39. The summed E-state index contributed by atoms with van der Waals surface area (Å²) in [5, 5.41) is 17.0. The lowest BCUT2D eigenvalue weighted by Gasteiger charge is -2.24. The first-order chi connectivity index (χ1) is 16.5. The Morgan fingerprint density at radius 1 is 1.15 bits per heavy atom. The highest BCUT2D eigenvalue weighted by Crippen LogP contribution is 2.35. The van der Waals surface area contributed by atoms with Crippen molar-refractivity contribution in [3.63, 3.8) is 0 Å². The smallest absolute Gasteiger partial charge is 0.220 e. The molecule has 2 heterocycles. The molecular formula is C26H34N4O4. The van der Waals surface area contributed by atoms with E-state index in [0.29, 0.717) is 29.8 Å². The molecule has 1 saturated carbocycles. The molecule has 0 amide bonds. The highest BCUT2D eigenvalue weighted by Gasteiger charge is 2.23. The van der Waals surface area contributed by atoms with Crippen LogP contribution in [0.1, 0.15) is 49.1 Å². The van der Waals surface area contributed by atoms with Gasteiger partial charge in [0.2, 0.25) is 5.88 Å². The van der Waals surface area contributed by atoms with E-state index in [9.17, 15) is 5.11 Å². The Morgan fingerprint density at radius 2 is 1.94 bits per heavy atom. The number of likely N-dealkylation sites (N-methyl/N-ethyl adjacent to an activating group) is 1. The fourth-order valence-electron chi connectivity index (χ4n) is 4.36. The van der Waals surface area contributed by atoms with Gasteiger partial charge in [-0.15, -0.1) is 0 Å². The van der Waals surface area contributed by atoms with Crippen LogP contribution in [-0.4, -0.2) is 52.6 Å². The molecule has 1 aromatic carbocycles. The van der Waals surface area contributed by atoms with Gasteiger partial charge in [-0.25, -0.2) is 4.98 Å². The number of aromatic nitrogens is 3. The van der Waals surface area contributed by atoms with Crippen molar-refractivity contribution in [2.45, 2.75) is 65.1 Å². The van der Waals surface area contributed by atoms with E-state index in [1.54, 1.807) is 7.05 Å². The number of nitrogens with zero attached hydrogens (tertiary/aromatic N) is 3. The van der Waals surface area contributed by atoms with Gasteiger partial charge in [-0.2, -0.15) is 4.98 Å². The van der Waals surface area contributed by atoms with Gasteiger partial charge in [0.1, 0.15) is 30.3 Å². The monoisotopic (exact) mass is 466 g/mol. The summed E-state index contributed by atoms with van der Waals surface area (Å²) in [6.07, 6.45) is 5.26. The van der Waals surface area contributed by atoms with Crippen LogP contribution in [0.25, 0.3) is 22.6 Å². The molecule has 1 aliphatic rings. The van der Waals surface area contributed by atoms with Crippen molar-refractivity contribution in [2.24, 2.45) is 0 Å². The third-order valence-corrected chi connectivity index (χ3v) is 6.18. The van der Waals surface area contributed by atoms with Crippen LogP contribution in [0.5, 0.6) is 11.6 Å². The molecular weight excluding hydrogens is 432 g/mol. The van der Waals surface area contributed by atoms with Gasteiger partial charge in [0.25, 0.3) is 0 Å². The summed E-state index contributed by atoms with van der Waals surface area (Å²) in [7, 11) is 1.79. The van der Waals surface area contributed by atoms with Crippen LogP contribution in [0.4, 0.5) is 0 Å². The lowest BCUT2D eigenvalue weighted by molar-refractivity contribution is 0.108.